The number of carbonyl (C=O) groups excluding carboxylic acids is 2. The second-order valence-electron chi connectivity index (χ2n) is 8.29. The lowest BCUT2D eigenvalue weighted by Gasteiger charge is -2.33. The van der Waals surface area contributed by atoms with Crippen molar-refractivity contribution in [2.45, 2.75) is 12.5 Å². The van der Waals surface area contributed by atoms with E-state index in [0.29, 0.717) is 6.67 Å². The van der Waals surface area contributed by atoms with Gasteiger partial charge in [-0.05, 0) is 35.4 Å². The highest BCUT2D eigenvalue weighted by molar-refractivity contribution is 6.07. The summed E-state index contributed by atoms with van der Waals surface area (Å²) in [7, 11) is 0. The van der Waals surface area contributed by atoms with Gasteiger partial charge >= 0.3 is 6.03 Å². The van der Waals surface area contributed by atoms with Crippen LogP contribution in [0, 0.1) is 0 Å². The summed E-state index contributed by atoms with van der Waals surface area (Å²) in [5, 5.41) is 5.08. The highest BCUT2D eigenvalue weighted by Gasteiger charge is 2.50. The number of quaternary nitrogens is 1. The molecule has 8 nitrogen and oxygen atoms in total. The van der Waals surface area contributed by atoms with Gasteiger partial charge in [0.15, 0.2) is 6.67 Å². The largest absolute Gasteiger partial charge is 0.330 e. The molecule has 3 heterocycles. The van der Waals surface area contributed by atoms with Crippen molar-refractivity contribution < 1.29 is 14.5 Å². The van der Waals surface area contributed by atoms with Crippen molar-refractivity contribution >= 4 is 28.7 Å². The summed E-state index contributed by atoms with van der Waals surface area (Å²) in [6.07, 6.45) is 3.48. The first-order valence-electron chi connectivity index (χ1n) is 10.5. The molecule has 0 spiro atoms. The van der Waals surface area contributed by atoms with Gasteiger partial charge in [-0.25, -0.2) is 19.7 Å². The summed E-state index contributed by atoms with van der Waals surface area (Å²) in [4.78, 5) is 39.4. The first-order valence-corrected chi connectivity index (χ1v) is 10.5. The Hall–Kier alpha value is -3.52. The molecule has 158 valence electrons. The summed E-state index contributed by atoms with van der Waals surface area (Å²) >= 11 is 0. The zero-order valence-corrected chi connectivity index (χ0v) is 17.4. The van der Waals surface area contributed by atoms with Crippen molar-refractivity contribution in [2.24, 2.45) is 0 Å². The number of anilines is 1. The normalized spacial score (nSPS) is 22.2. The third-order valence-electron chi connectivity index (χ3n) is 6.29. The molecule has 5 rings (SSSR count). The van der Waals surface area contributed by atoms with E-state index in [2.05, 4.69) is 20.2 Å². The number of nitrogens with zero attached hydrogens (tertiary/aromatic N) is 4. The van der Waals surface area contributed by atoms with Crippen LogP contribution in [0.15, 0.2) is 60.9 Å². The monoisotopic (exact) mass is 417 g/mol. The molecule has 2 aromatic carbocycles. The Balaban J connectivity index is 1.29. The molecule has 2 N–H and O–H groups in total. The Morgan fingerprint density at radius 3 is 2.45 bits per heavy atom. The number of piperazine rings is 1. The predicted octanol–water partition coefficient (Wildman–Crippen LogP) is 0.759. The van der Waals surface area contributed by atoms with Gasteiger partial charge in [-0.15, -0.1) is 0 Å². The number of amides is 3. The van der Waals surface area contributed by atoms with Crippen LogP contribution in [0.5, 0.6) is 0 Å². The second kappa shape index (κ2) is 7.63. The van der Waals surface area contributed by atoms with Crippen molar-refractivity contribution in [3.8, 4) is 0 Å². The van der Waals surface area contributed by atoms with Crippen LogP contribution in [0.1, 0.15) is 12.5 Å². The van der Waals surface area contributed by atoms with Crippen LogP contribution in [0.4, 0.5) is 10.7 Å². The Morgan fingerprint density at radius 2 is 1.71 bits per heavy atom. The van der Waals surface area contributed by atoms with Crippen molar-refractivity contribution in [1.29, 1.82) is 0 Å². The molecule has 0 unspecified atom stereocenters. The minimum absolute atomic E-state index is 0.200. The van der Waals surface area contributed by atoms with Crippen LogP contribution in [0.2, 0.25) is 0 Å². The number of benzene rings is 2. The van der Waals surface area contributed by atoms with Crippen molar-refractivity contribution in [3.63, 3.8) is 0 Å². The molecule has 8 heteroatoms. The summed E-state index contributed by atoms with van der Waals surface area (Å²) in [6, 6.07) is 15.4. The van der Waals surface area contributed by atoms with Crippen LogP contribution >= 0.6 is 0 Å². The van der Waals surface area contributed by atoms with Gasteiger partial charge in [-0.3, -0.25) is 4.79 Å². The van der Waals surface area contributed by atoms with Gasteiger partial charge in [0, 0.05) is 12.4 Å². The molecule has 1 atom stereocenters. The topological polar surface area (TPSA) is 82.9 Å². The second-order valence-corrected chi connectivity index (χ2v) is 8.29. The van der Waals surface area contributed by atoms with Gasteiger partial charge in [0.2, 0.25) is 5.95 Å². The maximum atomic E-state index is 13.3. The van der Waals surface area contributed by atoms with Crippen LogP contribution < -0.4 is 15.1 Å². The number of aromatic nitrogens is 2. The molecule has 2 aliphatic rings. The summed E-state index contributed by atoms with van der Waals surface area (Å²) in [6.45, 7) is 5.33. The molecule has 31 heavy (non-hydrogen) atoms. The SMILES string of the molecule is C[C@]1(c2ccc3ccccc3c2)NC(=O)N(C[NH+]2CCN(c3ncccn3)CC2)C1=O. The highest BCUT2D eigenvalue weighted by atomic mass is 16.2. The smallest absolute Gasteiger partial charge is 0.329 e. The standard InChI is InChI=1S/C23H24N6O2/c1-23(19-8-7-17-5-2-3-6-18(17)15-19)20(30)29(22(31)26-23)16-27-11-13-28(14-12-27)21-24-9-4-10-25-21/h2-10,15H,11-14,16H2,1H3,(H,26,31)/p+1/t23-/m1/s1. The van der Waals surface area contributed by atoms with E-state index in [9.17, 15) is 9.59 Å². The summed E-state index contributed by atoms with van der Waals surface area (Å²) in [5.74, 6) is 0.523. The third kappa shape index (κ3) is 3.48. The number of rotatable bonds is 4. The minimum atomic E-state index is -1.06. The van der Waals surface area contributed by atoms with E-state index in [-0.39, 0.29) is 11.9 Å². The van der Waals surface area contributed by atoms with Gasteiger partial charge in [0.05, 0.1) is 26.2 Å². The van der Waals surface area contributed by atoms with Crippen LogP contribution in [-0.2, 0) is 10.3 Å². The van der Waals surface area contributed by atoms with Gasteiger partial charge in [0.25, 0.3) is 5.91 Å². The number of nitrogens with one attached hydrogen (secondary N) is 2. The summed E-state index contributed by atoms with van der Waals surface area (Å²) < 4.78 is 0. The van der Waals surface area contributed by atoms with E-state index in [1.165, 1.54) is 9.80 Å². The van der Waals surface area contributed by atoms with Crippen LogP contribution in [-0.4, -0.2) is 59.7 Å². The van der Waals surface area contributed by atoms with Gasteiger partial charge in [-0.1, -0.05) is 36.4 Å². The number of carbonyl (C=O) groups is 2. The Kier molecular flexibility index (Phi) is 4.78. The fraction of sp³-hybridized carbons (Fsp3) is 0.304. The fourth-order valence-electron chi connectivity index (χ4n) is 4.40. The number of imide groups is 1. The van der Waals surface area contributed by atoms with Crippen molar-refractivity contribution in [2.75, 3.05) is 37.7 Å². The van der Waals surface area contributed by atoms with Crippen molar-refractivity contribution in [3.05, 3.63) is 66.5 Å². The highest BCUT2D eigenvalue weighted by Crippen LogP contribution is 2.30. The third-order valence-corrected chi connectivity index (χ3v) is 6.29. The lowest BCUT2D eigenvalue weighted by atomic mass is 9.90. The van der Waals surface area contributed by atoms with E-state index < -0.39 is 5.54 Å². The zero-order chi connectivity index (χ0) is 21.4. The quantitative estimate of drug-likeness (QED) is 0.613. The number of hydrogen-bond acceptors (Lipinski definition) is 5. The predicted molar refractivity (Wildman–Crippen MR) is 116 cm³/mol. The minimum Gasteiger partial charge on any atom is -0.330 e. The van der Waals surface area contributed by atoms with Crippen LogP contribution in [0.3, 0.4) is 0 Å². The van der Waals surface area contributed by atoms with Gasteiger partial charge < -0.3 is 15.1 Å². The number of hydrogen-bond donors (Lipinski definition) is 2. The molecule has 2 fully saturated rings. The van der Waals surface area contributed by atoms with Crippen molar-refractivity contribution in [1.82, 2.24) is 20.2 Å². The van der Waals surface area contributed by atoms with E-state index in [0.717, 1.165) is 48.5 Å². The fourth-order valence-corrected chi connectivity index (χ4v) is 4.40. The first kappa shape index (κ1) is 19.4. The first-order chi connectivity index (χ1) is 15.0. The number of fused-ring (bicyclic) bond motifs is 1. The molecule has 3 amide bonds. The lowest BCUT2D eigenvalue weighted by molar-refractivity contribution is -0.907. The van der Waals surface area contributed by atoms with E-state index in [1.54, 1.807) is 25.4 Å². The molecule has 1 aromatic heterocycles. The van der Waals surface area contributed by atoms with E-state index in [4.69, 9.17) is 0 Å². The molecule has 2 aliphatic heterocycles. The maximum absolute atomic E-state index is 13.3. The molecule has 0 bridgehead atoms. The average Bonchev–Trinajstić information content (AvgIpc) is 3.03. The van der Waals surface area contributed by atoms with Gasteiger partial charge in [-0.2, -0.15) is 0 Å². The van der Waals surface area contributed by atoms with Gasteiger partial charge in [0.1, 0.15) is 5.54 Å². The number of urea groups is 1. The van der Waals surface area contributed by atoms with E-state index >= 15 is 0 Å². The molecular formula is C23H25N6O2+. The Labute approximate surface area is 180 Å². The lowest BCUT2D eigenvalue weighted by Crippen LogP contribution is -3.16. The molecule has 0 saturated carbocycles. The van der Waals surface area contributed by atoms with E-state index in [1.807, 2.05) is 42.5 Å². The molecular weight excluding hydrogens is 392 g/mol. The Morgan fingerprint density at radius 1 is 1.00 bits per heavy atom. The summed E-state index contributed by atoms with van der Waals surface area (Å²) in [5.41, 5.74) is -0.256. The Bertz CT molecular complexity index is 1130. The maximum Gasteiger partial charge on any atom is 0.329 e. The molecule has 0 aliphatic carbocycles. The average molecular weight is 417 g/mol. The molecule has 2 saturated heterocycles. The molecule has 3 aromatic rings. The van der Waals surface area contributed by atoms with Crippen LogP contribution in [0.25, 0.3) is 10.8 Å². The zero-order valence-electron chi connectivity index (χ0n) is 17.4. The molecule has 0 radical (unpaired) electrons.